The van der Waals surface area contributed by atoms with E-state index in [2.05, 4.69) is 10.0 Å². The summed E-state index contributed by atoms with van der Waals surface area (Å²) in [5.41, 5.74) is 6.69. The van der Waals surface area contributed by atoms with E-state index in [0.29, 0.717) is 12.8 Å². The molecular formula is C5H8FN3. The van der Waals surface area contributed by atoms with Gasteiger partial charge in [-0.25, -0.2) is 4.39 Å². The summed E-state index contributed by atoms with van der Waals surface area (Å²) < 4.78 is 12.8. The van der Waals surface area contributed by atoms with Gasteiger partial charge in [0.05, 0.1) is 6.54 Å². The normalized spacial score (nSPS) is 21.9. The van der Waals surface area contributed by atoms with Crippen molar-refractivity contribution in [3.8, 4) is 0 Å². The second kappa shape index (κ2) is 2.23. The number of azide groups is 1. The van der Waals surface area contributed by atoms with E-state index in [-0.39, 0.29) is 6.54 Å². The monoisotopic (exact) mass is 129 g/mol. The SMILES string of the molecule is [N-]=[N+]=NCC1(F)CCC1. The van der Waals surface area contributed by atoms with Crippen molar-refractivity contribution in [1.82, 2.24) is 0 Å². The summed E-state index contributed by atoms with van der Waals surface area (Å²) in [5, 5.41) is 3.17. The van der Waals surface area contributed by atoms with Crippen LogP contribution in [-0.2, 0) is 0 Å². The predicted molar refractivity (Wildman–Crippen MR) is 31.7 cm³/mol. The van der Waals surface area contributed by atoms with Crippen LogP contribution in [-0.4, -0.2) is 12.2 Å². The minimum atomic E-state index is -1.15. The van der Waals surface area contributed by atoms with Crippen LogP contribution in [0, 0.1) is 0 Å². The van der Waals surface area contributed by atoms with Crippen LogP contribution in [0.25, 0.3) is 10.4 Å². The summed E-state index contributed by atoms with van der Waals surface area (Å²) in [7, 11) is 0. The van der Waals surface area contributed by atoms with Crippen LogP contribution in [0.2, 0.25) is 0 Å². The van der Waals surface area contributed by atoms with Gasteiger partial charge in [-0.05, 0) is 24.8 Å². The molecule has 1 rings (SSSR count). The van der Waals surface area contributed by atoms with Crippen LogP contribution in [0.1, 0.15) is 19.3 Å². The predicted octanol–water partition coefficient (Wildman–Crippen LogP) is 2.19. The van der Waals surface area contributed by atoms with E-state index in [1.165, 1.54) is 0 Å². The Balaban J connectivity index is 2.32. The van der Waals surface area contributed by atoms with Crippen molar-refractivity contribution in [3.63, 3.8) is 0 Å². The maximum absolute atomic E-state index is 12.8. The van der Waals surface area contributed by atoms with Gasteiger partial charge in [0, 0.05) is 4.91 Å². The third-order valence-corrected chi connectivity index (χ3v) is 1.67. The number of halogens is 1. The molecular weight excluding hydrogens is 121 g/mol. The van der Waals surface area contributed by atoms with E-state index in [4.69, 9.17) is 5.53 Å². The van der Waals surface area contributed by atoms with Gasteiger partial charge in [0.15, 0.2) is 0 Å². The molecule has 0 amide bonds. The van der Waals surface area contributed by atoms with Crippen molar-refractivity contribution in [1.29, 1.82) is 0 Å². The number of hydrogen-bond donors (Lipinski definition) is 0. The Labute approximate surface area is 52.5 Å². The standard InChI is InChI=1S/C5H8FN3/c6-5(2-1-3-5)4-8-9-7/h1-4H2. The fourth-order valence-corrected chi connectivity index (χ4v) is 0.877. The maximum Gasteiger partial charge on any atom is 0.116 e. The van der Waals surface area contributed by atoms with Crippen LogP contribution >= 0.6 is 0 Å². The lowest BCUT2D eigenvalue weighted by atomic mass is 9.82. The van der Waals surface area contributed by atoms with Crippen LogP contribution in [0.4, 0.5) is 4.39 Å². The summed E-state index contributed by atoms with van der Waals surface area (Å²) in [5.74, 6) is 0. The second-order valence-corrected chi connectivity index (χ2v) is 2.39. The van der Waals surface area contributed by atoms with Gasteiger partial charge in [0.1, 0.15) is 5.67 Å². The minimum absolute atomic E-state index is 0.0174. The summed E-state index contributed by atoms with van der Waals surface area (Å²) in [6, 6.07) is 0. The summed E-state index contributed by atoms with van der Waals surface area (Å²) >= 11 is 0. The molecule has 50 valence electrons. The molecule has 0 saturated heterocycles. The first kappa shape index (κ1) is 6.36. The topological polar surface area (TPSA) is 48.8 Å². The van der Waals surface area contributed by atoms with E-state index in [9.17, 15) is 4.39 Å². The Morgan fingerprint density at radius 3 is 2.67 bits per heavy atom. The van der Waals surface area contributed by atoms with Crippen LogP contribution < -0.4 is 0 Å². The first-order valence-corrected chi connectivity index (χ1v) is 2.97. The fraction of sp³-hybridized carbons (Fsp3) is 1.00. The van der Waals surface area contributed by atoms with Gasteiger partial charge in [-0.1, -0.05) is 5.11 Å². The van der Waals surface area contributed by atoms with Gasteiger partial charge in [-0.15, -0.1) is 0 Å². The Bertz CT molecular complexity index is 146. The van der Waals surface area contributed by atoms with E-state index in [1.54, 1.807) is 0 Å². The molecule has 0 spiro atoms. The first-order chi connectivity index (χ1) is 4.27. The Morgan fingerprint density at radius 1 is 1.67 bits per heavy atom. The highest BCUT2D eigenvalue weighted by Gasteiger charge is 2.35. The van der Waals surface area contributed by atoms with Gasteiger partial charge in [-0.3, -0.25) is 0 Å². The number of hydrogen-bond acceptors (Lipinski definition) is 1. The molecule has 1 aliphatic carbocycles. The van der Waals surface area contributed by atoms with E-state index < -0.39 is 5.67 Å². The second-order valence-electron chi connectivity index (χ2n) is 2.39. The summed E-state index contributed by atoms with van der Waals surface area (Å²) in [6.45, 7) is 0.0174. The van der Waals surface area contributed by atoms with Gasteiger partial charge in [0.2, 0.25) is 0 Å². The van der Waals surface area contributed by atoms with Gasteiger partial charge < -0.3 is 0 Å². The molecule has 0 aromatic heterocycles. The molecule has 0 aromatic carbocycles. The first-order valence-electron chi connectivity index (χ1n) is 2.97. The fourth-order valence-electron chi connectivity index (χ4n) is 0.877. The lowest BCUT2D eigenvalue weighted by Crippen LogP contribution is -2.34. The maximum atomic E-state index is 12.8. The van der Waals surface area contributed by atoms with Crippen molar-refractivity contribution < 1.29 is 4.39 Å². The highest BCUT2D eigenvalue weighted by molar-refractivity contribution is 4.89. The third kappa shape index (κ3) is 1.33. The zero-order chi connectivity index (χ0) is 6.74. The molecule has 1 saturated carbocycles. The Hall–Kier alpha value is -0.760. The molecule has 4 heteroatoms. The van der Waals surface area contributed by atoms with Crippen LogP contribution in [0.15, 0.2) is 5.11 Å². The van der Waals surface area contributed by atoms with Crippen molar-refractivity contribution in [2.24, 2.45) is 5.11 Å². The minimum Gasteiger partial charge on any atom is -0.244 e. The molecule has 3 nitrogen and oxygen atoms in total. The molecule has 0 aromatic rings. The largest absolute Gasteiger partial charge is 0.244 e. The Kier molecular flexibility index (Phi) is 1.58. The van der Waals surface area contributed by atoms with E-state index in [1.807, 2.05) is 0 Å². The van der Waals surface area contributed by atoms with Gasteiger partial charge in [-0.2, -0.15) is 0 Å². The zero-order valence-corrected chi connectivity index (χ0v) is 5.05. The van der Waals surface area contributed by atoms with Gasteiger partial charge in [0.25, 0.3) is 0 Å². The third-order valence-electron chi connectivity index (χ3n) is 1.67. The molecule has 1 aliphatic rings. The lowest BCUT2D eigenvalue weighted by Gasteiger charge is -2.31. The highest BCUT2D eigenvalue weighted by Crippen LogP contribution is 2.35. The lowest BCUT2D eigenvalue weighted by molar-refractivity contribution is 0.0737. The highest BCUT2D eigenvalue weighted by atomic mass is 19.1. The summed E-state index contributed by atoms with van der Waals surface area (Å²) in [6.07, 6.45) is 2.05. The van der Waals surface area contributed by atoms with E-state index in [0.717, 1.165) is 6.42 Å². The molecule has 0 heterocycles. The van der Waals surface area contributed by atoms with Crippen molar-refractivity contribution >= 4 is 0 Å². The number of alkyl halides is 1. The molecule has 0 unspecified atom stereocenters. The molecule has 0 radical (unpaired) electrons. The molecule has 0 aliphatic heterocycles. The van der Waals surface area contributed by atoms with Crippen molar-refractivity contribution in [3.05, 3.63) is 10.4 Å². The van der Waals surface area contributed by atoms with E-state index >= 15 is 0 Å². The van der Waals surface area contributed by atoms with Gasteiger partial charge >= 0.3 is 0 Å². The number of rotatable bonds is 2. The average Bonchev–Trinajstić information content (AvgIpc) is 1.79. The molecule has 1 fully saturated rings. The van der Waals surface area contributed by atoms with Crippen molar-refractivity contribution in [2.45, 2.75) is 24.9 Å². The molecule has 0 bridgehead atoms. The zero-order valence-electron chi connectivity index (χ0n) is 5.05. The van der Waals surface area contributed by atoms with Crippen molar-refractivity contribution in [2.75, 3.05) is 6.54 Å². The van der Waals surface area contributed by atoms with Crippen LogP contribution in [0.3, 0.4) is 0 Å². The summed E-state index contributed by atoms with van der Waals surface area (Å²) in [4.78, 5) is 2.49. The number of nitrogens with zero attached hydrogens (tertiary/aromatic N) is 3. The quantitative estimate of drug-likeness (QED) is 0.312. The molecule has 0 N–H and O–H groups in total. The smallest absolute Gasteiger partial charge is 0.116 e. The average molecular weight is 129 g/mol. The molecule has 9 heavy (non-hydrogen) atoms. The Morgan fingerprint density at radius 2 is 2.33 bits per heavy atom. The molecule has 0 atom stereocenters. The van der Waals surface area contributed by atoms with Crippen LogP contribution in [0.5, 0.6) is 0 Å².